The Labute approximate surface area is 103 Å². The Balaban J connectivity index is 2.26. The summed E-state index contributed by atoms with van der Waals surface area (Å²) in [6.45, 7) is 1.57. The van der Waals surface area contributed by atoms with Gasteiger partial charge in [0, 0.05) is 29.6 Å². The molecule has 16 heavy (non-hydrogen) atoms. The van der Waals surface area contributed by atoms with Crippen LogP contribution in [0.2, 0.25) is 5.02 Å². The maximum absolute atomic E-state index is 11.9. The maximum Gasteiger partial charge on any atom is 0.137 e. The van der Waals surface area contributed by atoms with Crippen molar-refractivity contribution in [2.45, 2.75) is 5.25 Å². The molecule has 3 nitrogen and oxygen atoms in total. The Kier molecular flexibility index (Phi) is 3.84. The number of ether oxygens (including phenoxy) is 1. The topological polar surface area (TPSA) is 38.3 Å². The average Bonchev–Trinajstić information content (AvgIpc) is 2.29. The van der Waals surface area contributed by atoms with Crippen LogP contribution in [0.3, 0.4) is 0 Å². The molecule has 0 amide bonds. The zero-order valence-electron chi connectivity index (χ0n) is 9.03. The van der Waals surface area contributed by atoms with Gasteiger partial charge in [-0.25, -0.2) is 0 Å². The van der Waals surface area contributed by atoms with Crippen LogP contribution < -0.4 is 10.1 Å². The molecule has 1 fully saturated rings. The minimum atomic E-state index is -0.808. The summed E-state index contributed by atoms with van der Waals surface area (Å²) in [6.07, 6.45) is 0. The van der Waals surface area contributed by atoms with Crippen molar-refractivity contribution in [1.29, 1.82) is 0 Å². The van der Waals surface area contributed by atoms with Crippen LogP contribution in [0.15, 0.2) is 18.2 Å². The lowest BCUT2D eigenvalue weighted by Gasteiger charge is -2.23. The van der Waals surface area contributed by atoms with Gasteiger partial charge in [-0.15, -0.1) is 0 Å². The number of benzene rings is 1. The molecule has 1 heterocycles. The monoisotopic (exact) mass is 259 g/mol. The van der Waals surface area contributed by atoms with Crippen molar-refractivity contribution in [3.8, 4) is 5.75 Å². The quantitative estimate of drug-likeness (QED) is 0.879. The van der Waals surface area contributed by atoms with E-state index in [1.807, 2.05) is 18.2 Å². The van der Waals surface area contributed by atoms with E-state index in [-0.39, 0.29) is 5.25 Å². The summed E-state index contributed by atoms with van der Waals surface area (Å²) in [5, 5.41) is 3.86. The van der Waals surface area contributed by atoms with E-state index in [1.165, 1.54) is 0 Å². The van der Waals surface area contributed by atoms with Gasteiger partial charge in [0.15, 0.2) is 0 Å². The highest BCUT2D eigenvalue weighted by Gasteiger charge is 2.22. The highest BCUT2D eigenvalue weighted by atomic mass is 35.5. The van der Waals surface area contributed by atoms with E-state index in [9.17, 15) is 4.21 Å². The Morgan fingerprint density at radius 2 is 2.38 bits per heavy atom. The van der Waals surface area contributed by atoms with Crippen molar-refractivity contribution in [3.63, 3.8) is 0 Å². The van der Waals surface area contributed by atoms with Gasteiger partial charge in [0.05, 0.1) is 17.4 Å². The van der Waals surface area contributed by atoms with Crippen molar-refractivity contribution >= 4 is 22.4 Å². The maximum atomic E-state index is 11.9. The Morgan fingerprint density at radius 1 is 1.56 bits per heavy atom. The van der Waals surface area contributed by atoms with Crippen molar-refractivity contribution in [2.24, 2.45) is 0 Å². The normalized spacial score (nSPS) is 25.4. The predicted octanol–water partition coefficient (Wildman–Crippen LogP) is 1.74. The second-order valence-electron chi connectivity index (χ2n) is 3.67. The third-order valence-electron chi connectivity index (χ3n) is 2.67. The molecule has 88 valence electrons. The number of hydrogen-bond donors (Lipinski definition) is 1. The van der Waals surface area contributed by atoms with Crippen LogP contribution in [0, 0.1) is 0 Å². The van der Waals surface area contributed by atoms with Crippen LogP contribution >= 0.6 is 11.6 Å². The van der Waals surface area contributed by atoms with E-state index in [0.717, 1.165) is 18.7 Å². The average molecular weight is 260 g/mol. The Hall–Kier alpha value is -0.580. The molecule has 0 aliphatic carbocycles. The Morgan fingerprint density at radius 3 is 3.00 bits per heavy atom. The van der Waals surface area contributed by atoms with E-state index in [4.69, 9.17) is 16.3 Å². The molecule has 0 aromatic heterocycles. The number of hydrogen-bond acceptors (Lipinski definition) is 3. The lowest BCUT2D eigenvalue weighted by atomic mass is 10.1. The standard InChI is InChI=1S/C11H14ClNO2S/c1-15-10-3-2-8(6-9(10)12)11-7-13-4-5-16(11)14/h2-3,6,11,13H,4-5,7H2,1H3. The van der Waals surface area contributed by atoms with Crippen molar-refractivity contribution in [1.82, 2.24) is 5.32 Å². The summed E-state index contributed by atoms with van der Waals surface area (Å²) < 4.78 is 16.9. The van der Waals surface area contributed by atoms with Crippen molar-refractivity contribution in [3.05, 3.63) is 28.8 Å². The molecule has 1 aromatic carbocycles. The summed E-state index contributed by atoms with van der Waals surface area (Å²) in [5.41, 5.74) is 1.01. The lowest BCUT2D eigenvalue weighted by molar-refractivity contribution is 0.415. The molecule has 1 aromatic rings. The number of rotatable bonds is 2. The lowest BCUT2D eigenvalue weighted by Crippen LogP contribution is -2.35. The highest BCUT2D eigenvalue weighted by molar-refractivity contribution is 7.85. The van der Waals surface area contributed by atoms with E-state index in [1.54, 1.807) is 7.11 Å². The summed E-state index contributed by atoms with van der Waals surface area (Å²) in [6, 6.07) is 5.60. The van der Waals surface area contributed by atoms with Crippen LogP contribution in [-0.4, -0.2) is 30.2 Å². The fourth-order valence-corrected chi connectivity index (χ4v) is 3.44. The van der Waals surface area contributed by atoms with E-state index in [0.29, 0.717) is 16.5 Å². The molecule has 1 aliphatic heterocycles. The third kappa shape index (κ3) is 2.39. The molecule has 1 aliphatic rings. The second kappa shape index (κ2) is 5.17. The second-order valence-corrected chi connectivity index (χ2v) is 5.82. The predicted molar refractivity (Wildman–Crippen MR) is 66.6 cm³/mol. The molecule has 0 bridgehead atoms. The first-order chi connectivity index (χ1) is 7.72. The first-order valence-electron chi connectivity index (χ1n) is 5.13. The van der Waals surface area contributed by atoms with Crippen LogP contribution in [0.25, 0.3) is 0 Å². The fraction of sp³-hybridized carbons (Fsp3) is 0.455. The number of halogens is 1. The third-order valence-corrected chi connectivity index (χ3v) is 4.65. The summed E-state index contributed by atoms with van der Waals surface area (Å²) in [4.78, 5) is 0. The molecule has 5 heteroatoms. The SMILES string of the molecule is COc1ccc(C2CNCCS2=O)cc1Cl. The van der Waals surface area contributed by atoms with Gasteiger partial charge in [-0.1, -0.05) is 17.7 Å². The molecule has 1 N–H and O–H groups in total. The number of nitrogens with one attached hydrogen (secondary N) is 1. The van der Waals surface area contributed by atoms with Gasteiger partial charge in [-0.3, -0.25) is 4.21 Å². The van der Waals surface area contributed by atoms with Gasteiger partial charge in [0.1, 0.15) is 5.75 Å². The van der Waals surface area contributed by atoms with Crippen LogP contribution in [0.4, 0.5) is 0 Å². The summed E-state index contributed by atoms with van der Waals surface area (Å²) in [7, 11) is 0.777. The van der Waals surface area contributed by atoms with Crippen LogP contribution in [0.5, 0.6) is 5.75 Å². The molecule has 0 saturated carbocycles. The molecular weight excluding hydrogens is 246 g/mol. The van der Waals surface area contributed by atoms with Gasteiger partial charge in [-0.05, 0) is 17.7 Å². The van der Waals surface area contributed by atoms with E-state index in [2.05, 4.69) is 5.32 Å². The zero-order valence-corrected chi connectivity index (χ0v) is 10.6. The van der Waals surface area contributed by atoms with E-state index >= 15 is 0 Å². The smallest absolute Gasteiger partial charge is 0.137 e. The highest BCUT2D eigenvalue weighted by Crippen LogP contribution is 2.30. The molecule has 2 unspecified atom stereocenters. The van der Waals surface area contributed by atoms with Gasteiger partial charge >= 0.3 is 0 Å². The fourth-order valence-electron chi connectivity index (χ4n) is 1.79. The van der Waals surface area contributed by atoms with Gasteiger partial charge in [-0.2, -0.15) is 0 Å². The Bertz CT molecular complexity index is 411. The first kappa shape index (κ1) is 11.9. The minimum absolute atomic E-state index is 0.0390. The molecule has 1 saturated heterocycles. The van der Waals surface area contributed by atoms with Crippen molar-refractivity contribution in [2.75, 3.05) is 26.0 Å². The summed E-state index contributed by atoms with van der Waals surface area (Å²) in [5.74, 6) is 1.36. The molecule has 0 radical (unpaired) electrons. The molecule has 2 atom stereocenters. The minimum Gasteiger partial charge on any atom is -0.495 e. The largest absolute Gasteiger partial charge is 0.495 e. The van der Waals surface area contributed by atoms with Gasteiger partial charge < -0.3 is 10.1 Å². The van der Waals surface area contributed by atoms with Crippen LogP contribution in [-0.2, 0) is 10.8 Å². The van der Waals surface area contributed by atoms with Gasteiger partial charge in [0.25, 0.3) is 0 Å². The van der Waals surface area contributed by atoms with Gasteiger partial charge in [0.2, 0.25) is 0 Å². The first-order valence-corrected chi connectivity index (χ1v) is 6.89. The van der Waals surface area contributed by atoms with E-state index < -0.39 is 10.8 Å². The molecule has 2 rings (SSSR count). The number of methoxy groups -OCH3 is 1. The summed E-state index contributed by atoms with van der Waals surface area (Å²) >= 11 is 6.05. The van der Waals surface area contributed by atoms with Crippen molar-refractivity contribution < 1.29 is 8.95 Å². The molecule has 0 spiro atoms. The van der Waals surface area contributed by atoms with Crippen LogP contribution in [0.1, 0.15) is 10.8 Å². The zero-order chi connectivity index (χ0) is 11.5. The molecular formula is C11H14ClNO2S.